The van der Waals surface area contributed by atoms with Crippen molar-refractivity contribution >= 4 is 46.5 Å². The van der Waals surface area contributed by atoms with E-state index in [9.17, 15) is 5.26 Å². The fraction of sp³-hybridized carbons (Fsp3) is 0. The van der Waals surface area contributed by atoms with E-state index in [1.54, 1.807) is 48.5 Å². The number of nitrogens with zero attached hydrogens (tertiary/aromatic N) is 1. The predicted molar refractivity (Wildman–Crippen MR) is 99.1 cm³/mol. The predicted octanol–water partition coefficient (Wildman–Crippen LogP) is 6.97. The minimum atomic E-state index is 0.420. The molecule has 0 spiro atoms. The van der Waals surface area contributed by atoms with E-state index < -0.39 is 0 Å². The summed E-state index contributed by atoms with van der Waals surface area (Å²) in [6.45, 7) is 0. The number of hydrogen-bond acceptors (Lipinski definition) is 2. The van der Waals surface area contributed by atoms with Crippen LogP contribution in [0.15, 0.2) is 59.0 Å². The van der Waals surface area contributed by atoms with Gasteiger partial charge in [-0.25, -0.2) is 0 Å². The summed E-state index contributed by atoms with van der Waals surface area (Å²) in [4.78, 5) is 0. The van der Waals surface area contributed by atoms with Crippen LogP contribution in [0, 0.1) is 11.3 Å². The summed E-state index contributed by atoms with van der Waals surface area (Å²) in [7, 11) is 0. The number of benzene rings is 2. The highest BCUT2D eigenvalue weighted by atomic mass is 35.5. The molecular weight excluding hydrogens is 365 g/mol. The maximum Gasteiger partial charge on any atom is 0.136 e. The number of hydrogen-bond donors (Lipinski definition) is 0. The summed E-state index contributed by atoms with van der Waals surface area (Å²) in [6.07, 6.45) is 1.65. The molecule has 2 nitrogen and oxygen atoms in total. The number of furan rings is 1. The van der Waals surface area contributed by atoms with Crippen LogP contribution in [0.5, 0.6) is 0 Å². The molecule has 1 aromatic heterocycles. The molecule has 0 saturated heterocycles. The molecule has 1 heterocycles. The molecule has 0 fully saturated rings. The quantitative estimate of drug-likeness (QED) is 0.464. The highest BCUT2D eigenvalue weighted by Crippen LogP contribution is 2.33. The molecule has 3 aromatic rings. The lowest BCUT2D eigenvalue weighted by molar-refractivity contribution is 0.572. The first-order chi connectivity index (χ1) is 11.6. The Balaban J connectivity index is 1.98. The summed E-state index contributed by atoms with van der Waals surface area (Å²) in [5.74, 6) is 1.13. The third-order valence-corrected chi connectivity index (χ3v) is 4.27. The van der Waals surface area contributed by atoms with Crippen LogP contribution in [0.4, 0.5) is 0 Å². The van der Waals surface area contributed by atoms with Crippen LogP contribution in [-0.4, -0.2) is 0 Å². The fourth-order valence-corrected chi connectivity index (χ4v) is 3.00. The van der Waals surface area contributed by atoms with Crippen LogP contribution in [0.3, 0.4) is 0 Å². The number of halogens is 3. The molecule has 0 radical (unpaired) electrons. The minimum Gasteiger partial charge on any atom is -0.457 e. The zero-order chi connectivity index (χ0) is 17.1. The van der Waals surface area contributed by atoms with Crippen LogP contribution in [0.2, 0.25) is 15.1 Å². The molecule has 0 atom stereocenters. The van der Waals surface area contributed by atoms with Crippen LogP contribution >= 0.6 is 34.8 Å². The topological polar surface area (TPSA) is 36.9 Å². The molecule has 5 heteroatoms. The summed E-state index contributed by atoms with van der Waals surface area (Å²) in [5.41, 5.74) is 1.81. The molecule has 0 aliphatic rings. The SMILES string of the molecule is N#CC(=Cc1ccc(-c2ccc(Cl)cc2Cl)o1)c1ccccc1Cl. The van der Waals surface area contributed by atoms with Gasteiger partial charge in [0, 0.05) is 21.2 Å². The van der Waals surface area contributed by atoms with Gasteiger partial charge in [0.1, 0.15) is 11.5 Å². The van der Waals surface area contributed by atoms with Crippen molar-refractivity contribution in [1.82, 2.24) is 0 Å². The molecule has 0 unspecified atom stereocenters. The van der Waals surface area contributed by atoms with E-state index in [-0.39, 0.29) is 0 Å². The van der Waals surface area contributed by atoms with E-state index >= 15 is 0 Å². The van der Waals surface area contributed by atoms with Crippen molar-refractivity contribution < 1.29 is 4.42 Å². The van der Waals surface area contributed by atoms with Crippen molar-refractivity contribution in [3.05, 3.63) is 81.0 Å². The van der Waals surface area contributed by atoms with Gasteiger partial charge in [0.25, 0.3) is 0 Å². The normalized spacial score (nSPS) is 11.3. The maximum absolute atomic E-state index is 9.41. The van der Waals surface area contributed by atoms with Crippen LogP contribution in [0.25, 0.3) is 23.0 Å². The summed E-state index contributed by atoms with van der Waals surface area (Å²) >= 11 is 18.2. The Morgan fingerprint density at radius 3 is 2.46 bits per heavy atom. The fourth-order valence-electron chi connectivity index (χ4n) is 2.26. The van der Waals surface area contributed by atoms with E-state index in [1.807, 2.05) is 12.1 Å². The second-order valence-electron chi connectivity index (χ2n) is 4.98. The van der Waals surface area contributed by atoms with Gasteiger partial charge in [-0.15, -0.1) is 0 Å². The van der Waals surface area contributed by atoms with E-state index in [0.29, 0.717) is 37.7 Å². The molecule has 0 amide bonds. The highest BCUT2D eigenvalue weighted by molar-refractivity contribution is 6.36. The molecule has 118 valence electrons. The third-order valence-electron chi connectivity index (χ3n) is 3.39. The van der Waals surface area contributed by atoms with Crippen LogP contribution < -0.4 is 0 Å². The second-order valence-corrected chi connectivity index (χ2v) is 6.23. The van der Waals surface area contributed by atoms with Crippen molar-refractivity contribution in [3.8, 4) is 17.4 Å². The average molecular weight is 375 g/mol. The Kier molecular flexibility index (Phi) is 4.97. The molecule has 0 aliphatic carbocycles. The Morgan fingerprint density at radius 2 is 1.75 bits per heavy atom. The lowest BCUT2D eigenvalue weighted by Crippen LogP contribution is -1.82. The number of allylic oxidation sites excluding steroid dienone is 1. The van der Waals surface area contributed by atoms with Crippen molar-refractivity contribution in [3.63, 3.8) is 0 Å². The smallest absolute Gasteiger partial charge is 0.136 e. The van der Waals surface area contributed by atoms with Crippen LogP contribution in [0.1, 0.15) is 11.3 Å². The first-order valence-electron chi connectivity index (χ1n) is 7.00. The van der Waals surface area contributed by atoms with Gasteiger partial charge in [-0.05, 0) is 42.5 Å². The lowest BCUT2D eigenvalue weighted by atomic mass is 10.1. The molecule has 24 heavy (non-hydrogen) atoms. The average Bonchev–Trinajstić information content (AvgIpc) is 3.01. The Labute approximate surface area is 154 Å². The zero-order valence-electron chi connectivity index (χ0n) is 12.3. The van der Waals surface area contributed by atoms with E-state index in [1.165, 1.54) is 0 Å². The van der Waals surface area contributed by atoms with Gasteiger partial charge in [-0.3, -0.25) is 0 Å². The van der Waals surface area contributed by atoms with Crippen molar-refractivity contribution in [2.75, 3.05) is 0 Å². The monoisotopic (exact) mass is 373 g/mol. The first-order valence-corrected chi connectivity index (χ1v) is 8.14. The minimum absolute atomic E-state index is 0.420. The van der Waals surface area contributed by atoms with Gasteiger partial charge in [0.15, 0.2) is 0 Å². The Morgan fingerprint density at radius 1 is 0.958 bits per heavy atom. The van der Waals surface area contributed by atoms with E-state index in [0.717, 1.165) is 5.56 Å². The molecule has 0 N–H and O–H groups in total. The summed E-state index contributed by atoms with van der Waals surface area (Å²) in [6, 6.07) is 18.1. The first kappa shape index (κ1) is 16.7. The van der Waals surface area contributed by atoms with Gasteiger partial charge in [0.2, 0.25) is 0 Å². The van der Waals surface area contributed by atoms with Gasteiger partial charge in [-0.1, -0.05) is 53.0 Å². The van der Waals surface area contributed by atoms with Gasteiger partial charge in [-0.2, -0.15) is 5.26 Å². The summed E-state index contributed by atoms with van der Waals surface area (Å²) < 4.78 is 5.79. The van der Waals surface area contributed by atoms with E-state index in [4.69, 9.17) is 39.2 Å². The Hall–Kier alpha value is -2.18. The largest absolute Gasteiger partial charge is 0.457 e. The second kappa shape index (κ2) is 7.15. The lowest BCUT2D eigenvalue weighted by Gasteiger charge is -2.02. The Bertz CT molecular complexity index is 967. The number of rotatable bonds is 3. The molecule has 3 rings (SSSR count). The van der Waals surface area contributed by atoms with Gasteiger partial charge >= 0.3 is 0 Å². The molecular formula is C19H10Cl3NO. The van der Waals surface area contributed by atoms with Crippen molar-refractivity contribution in [1.29, 1.82) is 5.26 Å². The molecule has 0 saturated carbocycles. The zero-order valence-corrected chi connectivity index (χ0v) is 14.5. The molecule has 0 bridgehead atoms. The van der Waals surface area contributed by atoms with Gasteiger partial charge < -0.3 is 4.42 Å². The molecule has 2 aromatic carbocycles. The van der Waals surface area contributed by atoms with Crippen LogP contribution in [-0.2, 0) is 0 Å². The summed E-state index contributed by atoms with van der Waals surface area (Å²) in [5, 5.41) is 11.0. The third kappa shape index (κ3) is 3.49. The maximum atomic E-state index is 9.41. The molecule has 0 aliphatic heterocycles. The van der Waals surface area contributed by atoms with Crippen molar-refractivity contribution in [2.45, 2.75) is 0 Å². The number of nitriles is 1. The van der Waals surface area contributed by atoms with E-state index in [2.05, 4.69) is 6.07 Å². The standard InChI is InChI=1S/C19H10Cl3NO/c20-13-5-7-16(18(22)10-13)19-8-6-14(24-19)9-12(11-23)15-3-1-2-4-17(15)21/h1-10H. The van der Waals surface area contributed by atoms with Crippen molar-refractivity contribution in [2.24, 2.45) is 0 Å². The highest BCUT2D eigenvalue weighted by Gasteiger charge is 2.10. The van der Waals surface area contributed by atoms with Gasteiger partial charge in [0.05, 0.1) is 16.7 Å².